The summed E-state index contributed by atoms with van der Waals surface area (Å²) >= 11 is 0. The van der Waals surface area contributed by atoms with Gasteiger partial charge < -0.3 is 9.88 Å². The maximum atomic E-state index is 4.50. The zero-order valence-electron chi connectivity index (χ0n) is 10.9. The highest BCUT2D eigenvalue weighted by atomic mass is 15.2. The number of hydrogen-bond donors (Lipinski definition) is 1. The standard InChI is InChI=1S/C13H23N3/c1-6-8-13(4,5)15-12-14-11(3)10-16(12)9-7-2/h7,10H,2,6,8-9H2,1,3-5H3,(H,14,15). The van der Waals surface area contributed by atoms with Crippen molar-refractivity contribution in [1.82, 2.24) is 9.55 Å². The van der Waals surface area contributed by atoms with Gasteiger partial charge in [-0.25, -0.2) is 4.98 Å². The number of aryl methyl sites for hydroxylation is 1. The Hall–Kier alpha value is -1.25. The maximum Gasteiger partial charge on any atom is 0.203 e. The van der Waals surface area contributed by atoms with Crippen LogP contribution in [0.15, 0.2) is 18.9 Å². The van der Waals surface area contributed by atoms with Crippen LogP contribution in [0.1, 0.15) is 39.3 Å². The van der Waals surface area contributed by atoms with Crippen LogP contribution in [0.2, 0.25) is 0 Å². The molecule has 0 saturated carbocycles. The molecule has 0 aliphatic heterocycles. The van der Waals surface area contributed by atoms with Crippen LogP contribution in [0.5, 0.6) is 0 Å². The summed E-state index contributed by atoms with van der Waals surface area (Å²) in [5.41, 5.74) is 1.13. The van der Waals surface area contributed by atoms with E-state index < -0.39 is 0 Å². The van der Waals surface area contributed by atoms with Crippen molar-refractivity contribution in [2.75, 3.05) is 5.32 Å². The van der Waals surface area contributed by atoms with Crippen LogP contribution in [0, 0.1) is 6.92 Å². The second kappa shape index (κ2) is 5.19. The van der Waals surface area contributed by atoms with Crippen LogP contribution in [-0.2, 0) is 6.54 Å². The first-order chi connectivity index (χ1) is 7.48. The van der Waals surface area contributed by atoms with Crippen molar-refractivity contribution in [2.24, 2.45) is 0 Å². The number of hydrogen-bond acceptors (Lipinski definition) is 2. The fourth-order valence-corrected chi connectivity index (χ4v) is 1.91. The van der Waals surface area contributed by atoms with Gasteiger partial charge in [-0.15, -0.1) is 6.58 Å². The molecule has 16 heavy (non-hydrogen) atoms. The lowest BCUT2D eigenvalue weighted by molar-refractivity contribution is 0.503. The van der Waals surface area contributed by atoms with Gasteiger partial charge in [0.1, 0.15) is 0 Å². The molecular formula is C13H23N3. The summed E-state index contributed by atoms with van der Waals surface area (Å²) in [6, 6.07) is 0. The molecule has 1 N–H and O–H groups in total. The van der Waals surface area contributed by atoms with Gasteiger partial charge in [-0.2, -0.15) is 0 Å². The average molecular weight is 221 g/mol. The van der Waals surface area contributed by atoms with Crippen LogP contribution >= 0.6 is 0 Å². The Kier molecular flexibility index (Phi) is 4.16. The van der Waals surface area contributed by atoms with E-state index in [4.69, 9.17) is 0 Å². The summed E-state index contributed by atoms with van der Waals surface area (Å²) in [7, 11) is 0. The predicted octanol–water partition coefficient (Wildman–Crippen LogP) is 3.37. The molecule has 0 amide bonds. The van der Waals surface area contributed by atoms with Crippen LogP contribution < -0.4 is 5.32 Å². The molecule has 3 nitrogen and oxygen atoms in total. The normalized spacial score (nSPS) is 11.5. The minimum absolute atomic E-state index is 0.0888. The van der Waals surface area contributed by atoms with Crippen molar-refractivity contribution < 1.29 is 0 Å². The van der Waals surface area contributed by atoms with Gasteiger partial charge in [-0.3, -0.25) is 0 Å². The monoisotopic (exact) mass is 221 g/mol. The lowest BCUT2D eigenvalue weighted by Crippen LogP contribution is -2.32. The van der Waals surface area contributed by atoms with Crippen molar-refractivity contribution in [2.45, 2.75) is 52.6 Å². The molecule has 1 rings (SSSR count). The fourth-order valence-electron chi connectivity index (χ4n) is 1.91. The highest BCUT2D eigenvalue weighted by Crippen LogP contribution is 2.19. The molecule has 0 radical (unpaired) electrons. The number of aromatic nitrogens is 2. The van der Waals surface area contributed by atoms with Crippen molar-refractivity contribution in [3.8, 4) is 0 Å². The number of rotatable bonds is 6. The van der Waals surface area contributed by atoms with Gasteiger partial charge in [0, 0.05) is 18.3 Å². The number of nitrogens with one attached hydrogen (secondary N) is 1. The van der Waals surface area contributed by atoms with Gasteiger partial charge in [0.2, 0.25) is 5.95 Å². The highest BCUT2D eigenvalue weighted by molar-refractivity contribution is 5.32. The molecule has 0 saturated heterocycles. The third-order valence-corrected chi connectivity index (χ3v) is 2.55. The Labute approximate surface area is 98.6 Å². The van der Waals surface area contributed by atoms with Crippen molar-refractivity contribution in [1.29, 1.82) is 0 Å². The first-order valence-corrected chi connectivity index (χ1v) is 5.91. The molecule has 0 aliphatic carbocycles. The van der Waals surface area contributed by atoms with Crippen molar-refractivity contribution in [3.63, 3.8) is 0 Å². The lowest BCUT2D eigenvalue weighted by Gasteiger charge is -2.26. The number of anilines is 1. The topological polar surface area (TPSA) is 29.9 Å². The Balaban J connectivity index is 2.82. The summed E-state index contributed by atoms with van der Waals surface area (Å²) in [6.07, 6.45) is 6.24. The Morgan fingerprint density at radius 1 is 1.56 bits per heavy atom. The average Bonchev–Trinajstić information content (AvgIpc) is 2.46. The van der Waals surface area contributed by atoms with Crippen LogP contribution in [0.25, 0.3) is 0 Å². The van der Waals surface area contributed by atoms with E-state index in [1.54, 1.807) is 0 Å². The second-order valence-corrected chi connectivity index (χ2v) is 4.91. The first-order valence-electron chi connectivity index (χ1n) is 5.91. The summed E-state index contributed by atoms with van der Waals surface area (Å²) in [5.74, 6) is 0.941. The molecule has 0 bridgehead atoms. The Bertz CT molecular complexity index is 350. The van der Waals surface area contributed by atoms with Gasteiger partial charge in [0.25, 0.3) is 0 Å². The van der Waals surface area contributed by atoms with Gasteiger partial charge in [0.05, 0.1) is 5.69 Å². The van der Waals surface area contributed by atoms with Gasteiger partial charge in [-0.1, -0.05) is 19.4 Å². The summed E-state index contributed by atoms with van der Waals surface area (Å²) in [6.45, 7) is 13.2. The zero-order chi connectivity index (χ0) is 12.2. The molecule has 0 spiro atoms. The van der Waals surface area contributed by atoms with Gasteiger partial charge in [-0.05, 0) is 27.2 Å². The van der Waals surface area contributed by atoms with E-state index >= 15 is 0 Å². The number of nitrogens with zero attached hydrogens (tertiary/aromatic N) is 2. The van der Waals surface area contributed by atoms with E-state index in [0.717, 1.165) is 24.6 Å². The van der Waals surface area contributed by atoms with Crippen molar-refractivity contribution >= 4 is 5.95 Å². The molecule has 0 unspecified atom stereocenters. The van der Waals surface area contributed by atoms with Crippen LogP contribution in [0.4, 0.5) is 5.95 Å². The first kappa shape index (κ1) is 12.8. The minimum Gasteiger partial charge on any atom is -0.351 e. The van der Waals surface area contributed by atoms with Crippen LogP contribution in [-0.4, -0.2) is 15.1 Å². The van der Waals surface area contributed by atoms with E-state index in [9.17, 15) is 0 Å². The molecule has 0 aromatic carbocycles. The van der Waals surface area contributed by atoms with Gasteiger partial charge >= 0.3 is 0 Å². The molecule has 3 heteroatoms. The van der Waals surface area contributed by atoms with Crippen molar-refractivity contribution in [3.05, 3.63) is 24.5 Å². The maximum absolute atomic E-state index is 4.50. The Morgan fingerprint density at radius 3 is 2.81 bits per heavy atom. The number of allylic oxidation sites excluding steroid dienone is 1. The summed E-state index contributed by atoms with van der Waals surface area (Å²) in [4.78, 5) is 4.50. The fraction of sp³-hybridized carbons (Fsp3) is 0.615. The smallest absolute Gasteiger partial charge is 0.203 e. The molecule has 1 aromatic heterocycles. The quantitative estimate of drug-likeness (QED) is 0.746. The summed E-state index contributed by atoms with van der Waals surface area (Å²) in [5, 5.41) is 3.50. The third-order valence-electron chi connectivity index (χ3n) is 2.55. The molecule has 1 heterocycles. The molecule has 1 aromatic rings. The van der Waals surface area contributed by atoms with Crippen LogP contribution in [0.3, 0.4) is 0 Å². The highest BCUT2D eigenvalue weighted by Gasteiger charge is 2.18. The summed E-state index contributed by atoms with van der Waals surface area (Å²) < 4.78 is 2.10. The van der Waals surface area contributed by atoms with Gasteiger partial charge in [0.15, 0.2) is 0 Å². The molecule has 90 valence electrons. The molecular weight excluding hydrogens is 198 g/mol. The minimum atomic E-state index is 0.0888. The largest absolute Gasteiger partial charge is 0.351 e. The zero-order valence-corrected chi connectivity index (χ0v) is 10.9. The molecule has 0 fully saturated rings. The molecule has 0 aliphatic rings. The van der Waals surface area contributed by atoms with E-state index in [1.807, 2.05) is 19.2 Å². The number of imidazole rings is 1. The molecule has 0 atom stereocenters. The van der Waals surface area contributed by atoms with E-state index in [0.29, 0.717) is 0 Å². The second-order valence-electron chi connectivity index (χ2n) is 4.91. The SMILES string of the molecule is C=CCn1cc(C)nc1NC(C)(C)CCC. The lowest BCUT2D eigenvalue weighted by atomic mass is 9.99. The van der Waals surface area contributed by atoms with E-state index in [1.165, 1.54) is 6.42 Å². The predicted molar refractivity (Wildman–Crippen MR) is 69.8 cm³/mol. The third kappa shape index (κ3) is 3.40. The van der Waals surface area contributed by atoms with E-state index in [2.05, 4.69) is 42.2 Å². The van der Waals surface area contributed by atoms with E-state index in [-0.39, 0.29) is 5.54 Å². The Morgan fingerprint density at radius 2 is 2.25 bits per heavy atom.